The van der Waals surface area contributed by atoms with E-state index in [1.54, 1.807) is 42.5 Å². The van der Waals surface area contributed by atoms with Gasteiger partial charge in [0.2, 0.25) is 18.1 Å². The highest BCUT2D eigenvalue weighted by atomic mass is 79.9. The van der Waals surface area contributed by atoms with Crippen LogP contribution in [0.3, 0.4) is 0 Å². The Morgan fingerprint density at radius 1 is 1.00 bits per heavy atom. The minimum Gasteiger partial charge on any atom is -1.00 e. The Balaban J connectivity index is 0.00000240. The Bertz CT molecular complexity index is 1230. The van der Waals surface area contributed by atoms with E-state index in [0.29, 0.717) is 27.7 Å². The van der Waals surface area contributed by atoms with E-state index >= 15 is 0 Å². The normalized spacial score (nSPS) is 10.5. The molecule has 4 aromatic rings. The lowest BCUT2D eigenvalue weighted by molar-refractivity contribution is -0.683. The summed E-state index contributed by atoms with van der Waals surface area (Å²) in [5, 5.41) is 10.9. The molecule has 2 aromatic carbocycles. The molecule has 0 bridgehead atoms. The number of para-hydroxylation sites is 1. The fourth-order valence-electron chi connectivity index (χ4n) is 3.15. The third-order valence-corrected chi connectivity index (χ3v) is 4.67. The van der Waals surface area contributed by atoms with Gasteiger partial charge in [-0.1, -0.05) is 42.5 Å². The molecular weight excluding hydrogens is 434 g/mol. The van der Waals surface area contributed by atoms with Crippen molar-refractivity contribution in [3.63, 3.8) is 0 Å². The summed E-state index contributed by atoms with van der Waals surface area (Å²) in [7, 11) is 0. The fourth-order valence-corrected chi connectivity index (χ4v) is 3.15. The van der Waals surface area contributed by atoms with Crippen LogP contribution >= 0.6 is 0 Å². The largest absolute Gasteiger partial charge is 1.00 e. The molecule has 0 saturated heterocycles. The van der Waals surface area contributed by atoms with Gasteiger partial charge in [-0.2, -0.15) is 4.57 Å². The van der Waals surface area contributed by atoms with Crippen LogP contribution in [0.5, 0.6) is 5.75 Å². The van der Waals surface area contributed by atoms with Gasteiger partial charge < -0.3 is 26.5 Å². The molecule has 0 radical (unpaired) electrons. The smallest absolute Gasteiger partial charge is 0.379 e. The van der Waals surface area contributed by atoms with Gasteiger partial charge in [0.1, 0.15) is 5.58 Å². The van der Waals surface area contributed by atoms with Crippen LogP contribution in [-0.2, 0) is 6.54 Å². The summed E-state index contributed by atoms with van der Waals surface area (Å²) in [4.78, 5) is 24.5. The number of aromatic hydroxyl groups is 1. The van der Waals surface area contributed by atoms with Crippen LogP contribution in [0.4, 0.5) is 0 Å². The first-order valence-corrected chi connectivity index (χ1v) is 8.87. The monoisotopic (exact) mass is 451 g/mol. The molecule has 29 heavy (non-hydrogen) atoms. The molecule has 6 heteroatoms. The molecule has 0 aliphatic rings. The Hall–Kier alpha value is -3.25. The second-order valence-corrected chi connectivity index (χ2v) is 6.66. The van der Waals surface area contributed by atoms with Crippen LogP contribution < -0.4 is 27.2 Å². The van der Waals surface area contributed by atoms with Crippen LogP contribution in [0.15, 0.2) is 82.3 Å². The third-order valence-electron chi connectivity index (χ3n) is 4.67. The molecular formula is C23H18BrNO4. The van der Waals surface area contributed by atoms with Crippen molar-refractivity contribution in [2.24, 2.45) is 0 Å². The average molecular weight is 452 g/mol. The summed E-state index contributed by atoms with van der Waals surface area (Å²) in [5.74, 6) is -0.463. The first-order valence-electron chi connectivity index (χ1n) is 8.87. The molecule has 1 N–H and O–H groups in total. The molecule has 4 rings (SSSR count). The molecule has 0 spiro atoms. The number of rotatable bonds is 4. The maximum absolute atomic E-state index is 12.5. The molecule has 0 fully saturated rings. The number of halogens is 1. The van der Waals surface area contributed by atoms with Crippen molar-refractivity contribution in [3.8, 4) is 16.9 Å². The van der Waals surface area contributed by atoms with Crippen molar-refractivity contribution in [2.45, 2.75) is 13.5 Å². The Morgan fingerprint density at radius 3 is 2.34 bits per heavy atom. The highest BCUT2D eigenvalue weighted by Gasteiger charge is 2.17. The maximum atomic E-state index is 12.5. The van der Waals surface area contributed by atoms with Crippen molar-refractivity contribution in [2.75, 3.05) is 0 Å². The number of ketones is 1. The van der Waals surface area contributed by atoms with Gasteiger partial charge in [-0.15, -0.1) is 0 Å². The van der Waals surface area contributed by atoms with Crippen LogP contribution in [0.25, 0.3) is 22.1 Å². The average Bonchev–Trinajstić information content (AvgIpc) is 2.71. The molecule has 0 saturated carbocycles. The summed E-state index contributed by atoms with van der Waals surface area (Å²) in [6.07, 6.45) is 3.74. The van der Waals surface area contributed by atoms with Crippen molar-refractivity contribution in [1.29, 1.82) is 0 Å². The Kier molecular flexibility index (Phi) is 5.94. The number of hydrogen-bond acceptors (Lipinski definition) is 4. The number of nitrogens with zero attached hydrogens (tertiary/aromatic N) is 1. The van der Waals surface area contributed by atoms with E-state index in [0.717, 1.165) is 5.56 Å². The fraction of sp³-hybridized carbons (Fsp3) is 0.0870. The first-order chi connectivity index (χ1) is 13.5. The number of hydrogen-bond donors (Lipinski definition) is 1. The number of fused-ring (bicyclic) bond motifs is 1. The van der Waals surface area contributed by atoms with Gasteiger partial charge in [-0.25, -0.2) is 4.79 Å². The van der Waals surface area contributed by atoms with Crippen LogP contribution in [0, 0.1) is 6.92 Å². The molecule has 2 aromatic heterocycles. The first kappa shape index (κ1) is 20.5. The zero-order chi connectivity index (χ0) is 19.7. The molecule has 0 unspecified atom stereocenters. The van der Waals surface area contributed by atoms with Crippen molar-refractivity contribution in [3.05, 3.63) is 94.6 Å². The number of aromatic nitrogens is 1. The summed E-state index contributed by atoms with van der Waals surface area (Å²) in [6.45, 7) is 2.23. The lowest BCUT2D eigenvalue weighted by Crippen LogP contribution is -3.00. The van der Waals surface area contributed by atoms with Crippen molar-refractivity contribution in [1.82, 2.24) is 0 Å². The van der Waals surface area contributed by atoms with E-state index in [1.807, 2.05) is 42.1 Å². The number of carbonyl (C=O) groups is 1. The predicted molar refractivity (Wildman–Crippen MR) is 105 cm³/mol. The summed E-state index contributed by atoms with van der Waals surface area (Å²) in [6, 6.07) is 17.8. The third kappa shape index (κ3) is 4.12. The molecule has 146 valence electrons. The van der Waals surface area contributed by atoms with Gasteiger partial charge in [-0.05, 0) is 24.1 Å². The van der Waals surface area contributed by atoms with Gasteiger partial charge in [0.25, 0.3) is 0 Å². The van der Waals surface area contributed by atoms with Gasteiger partial charge in [0.05, 0.1) is 0 Å². The number of Topliss-reactive ketones (excluding diaryl/α,β-unsaturated/α-hetero) is 1. The zero-order valence-corrected chi connectivity index (χ0v) is 17.2. The van der Waals surface area contributed by atoms with Gasteiger partial charge in [0.15, 0.2) is 12.4 Å². The Morgan fingerprint density at radius 2 is 1.66 bits per heavy atom. The van der Waals surface area contributed by atoms with Crippen LogP contribution in [0.1, 0.15) is 15.9 Å². The number of benzene rings is 2. The standard InChI is InChI=1S/C23H17NO4.BrH/c1-15-10-12-24(13-11-15)14-19(25)16-6-8-17(9-7-16)21-18-4-2-3-5-20(18)28-23(27)22(21)26;/h2-13H,14H2,1H3;1H. The minimum absolute atomic E-state index is 0. The quantitative estimate of drug-likeness (QED) is 0.281. The van der Waals surface area contributed by atoms with E-state index < -0.39 is 11.4 Å². The second kappa shape index (κ2) is 8.41. The summed E-state index contributed by atoms with van der Waals surface area (Å²) in [5.41, 5.74) is 2.34. The number of aryl methyl sites for hydroxylation is 1. The topological polar surface area (TPSA) is 71.4 Å². The van der Waals surface area contributed by atoms with E-state index in [2.05, 4.69) is 0 Å². The van der Waals surface area contributed by atoms with E-state index in [-0.39, 0.29) is 29.3 Å². The van der Waals surface area contributed by atoms with Gasteiger partial charge in [0, 0.05) is 28.6 Å². The van der Waals surface area contributed by atoms with Crippen molar-refractivity contribution >= 4 is 16.8 Å². The van der Waals surface area contributed by atoms with Crippen LogP contribution in [-0.4, -0.2) is 10.9 Å². The van der Waals surface area contributed by atoms with E-state index in [4.69, 9.17) is 4.42 Å². The van der Waals surface area contributed by atoms with E-state index in [1.165, 1.54) is 0 Å². The molecule has 2 heterocycles. The molecule has 0 aliphatic carbocycles. The molecule has 5 nitrogen and oxygen atoms in total. The van der Waals surface area contributed by atoms with E-state index in [9.17, 15) is 14.7 Å². The number of pyridine rings is 1. The van der Waals surface area contributed by atoms with Crippen molar-refractivity contribution < 1.29 is 35.9 Å². The summed E-state index contributed by atoms with van der Waals surface area (Å²) >= 11 is 0. The lowest BCUT2D eigenvalue weighted by Gasteiger charge is -2.08. The van der Waals surface area contributed by atoms with Gasteiger partial charge in [-0.3, -0.25) is 4.79 Å². The molecule has 0 amide bonds. The highest BCUT2D eigenvalue weighted by molar-refractivity contribution is 5.98. The van der Waals surface area contributed by atoms with Gasteiger partial charge >= 0.3 is 5.63 Å². The van der Waals surface area contributed by atoms with Crippen LogP contribution in [0.2, 0.25) is 0 Å². The SMILES string of the molecule is Cc1cc[n+](CC(=O)c2ccc(-c3c(O)c(=O)oc4ccccc34)cc2)cc1.[Br-]. The maximum Gasteiger partial charge on any atom is 0.379 e. The number of carbonyl (C=O) groups excluding carboxylic acids is 1. The highest BCUT2D eigenvalue weighted by Crippen LogP contribution is 2.33. The second-order valence-electron chi connectivity index (χ2n) is 6.66. The predicted octanol–water partition coefficient (Wildman–Crippen LogP) is 0.648. The summed E-state index contributed by atoms with van der Waals surface area (Å²) < 4.78 is 6.95. The zero-order valence-electron chi connectivity index (χ0n) is 15.6. The minimum atomic E-state index is -0.787. The Labute approximate surface area is 177 Å². The molecule has 0 atom stereocenters. The lowest BCUT2D eigenvalue weighted by atomic mass is 9.99. The molecule has 0 aliphatic heterocycles.